The number of hydrazine groups is 1. The first-order chi connectivity index (χ1) is 14.1. The molecule has 4 aromatic rings. The summed E-state index contributed by atoms with van der Waals surface area (Å²) in [6.07, 6.45) is 3.86. The van der Waals surface area contributed by atoms with Gasteiger partial charge in [0.15, 0.2) is 11.7 Å². The summed E-state index contributed by atoms with van der Waals surface area (Å²) in [6, 6.07) is 17.2. The van der Waals surface area contributed by atoms with Crippen molar-refractivity contribution >= 4 is 22.7 Å². The van der Waals surface area contributed by atoms with E-state index in [9.17, 15) is 9.59 Å². The van der Waals surface area contributed by atoms with E-state index in [1.165, 1.54) is 0 Å². The predicted molar refractivity (Wildman–Crippen MR) is 109 cm³/mol. The zero-order valence-electron chi connectivity index (χ0n) is 15.9. The second-order valence-corrected chi connectivity index (χ2v) is 6.66. The molecule has 0 aliphatic rings. The summed E-state index contributed by atoms with van der Waals surface area (Å²) in [4.78, 5) is 28.7. The number of amides is 2. The highest BCUT2D eigenvalue weighted by Gasteiger charge is 2.14. The second-order valence-electron chi connectivity index (χ2n) is 6.66. The van der Waals surface area contributed by atoms with E-state index in [1.54, 1.807) is 12.4 Å². The van der Waals surface area contributed by atoms with Crippen LogP contribution in [0.2, 0.25) is 0 Å². The molecule has 0 aliphatic carbocycles. The molecule has 0 saturated carbocycles. The molecule has 0 bridgehead atoms. The Balaban J connectivity index is 1.31. The molecule has 0 atom stereocenters. The molecule has 0 radical (unpaired) electrons. The van der Waals surface area contributed by atoms with Crippen LogP contribution in [0.4, 0.5) is 0 Å². The molecule has 29 heavy (non-hydrogen) atoms. The highest BCUT2D eigenvalue weighted by molar-refractivity contribution is 6.07. The van der Waals surface area contributed by atoms with Crippen molar-refractivity contribution in [3.63, 3.8) is 0 Å². The van der Waals surface area contributed by atoms with Gasteiger partial charge in [-0.1, -0.05) is 48.5 Å². The van der Waals surface area contributed by atoms with Crippen LogP contribution >= 0.6 is 0 Å². The molecular weight excluding hydrogens is 368 g/mol. The van der Waals surface area contributed by atoms with Crippen LogP contribution in [0.25, 0.3) is 22.2 Å². The number of hydrogen-bond donors (Lipinski definition) is 2. The topological polar surface area (TPSA) is 89.2 Å². The van der Waals surface area contributed by atoms with Crippen LogP contribution in [-0.2, 0) is 18.3 Å². The number of para-hydroxylation sites is 1. The molecule has 2 aromatic carbocycles. The molecular formula is C22H20N4O3. The summed E-state index contributed by atoms with van der Waals surface area (Å²) in [5, 5.41) is 0.829. The van der Waals surface area contributed by atoms with E-state index in [-0.39, 0.29) is 18.2 Å². The van der Waals surface area contributed by atoms with Gasteiger partial charge in [-0.15, -0.1) is 0 Å². The summed E-state index contributed by atoms with van der Waals surface area (Å²) in [6.45, 7) is 0. The monoisotopic (exact) mass is 388 g/mol. The third kappa shape index (κ3) is 4.03. The number of rotatable bonds is 5. The van der Waals surface area contributed by atoms with Gasteiger partial charge in [-0.25, -0.2) is 4.98 Å². The first kappa shape index (κ1) is 18.5. The summed E-state index contributed by atoms with van der Waals surface area (Å²) in [5.41, 5.74) is 7.29. The van der Waals surface area contributed by atoms with Crippen LogP contribution in [0.1, 0.15) is 22.7 Å². The van der Waals surface area contributed by atoms with E-state index < -0.39 is 0 Å². The zero-order valence-corrected chi connectivity index (χ0v) is 15.9. The van der Waals surface area contributed by atoms with Gasteiger partial charge in [-0.05, 0) is 6.07 Å². The quantitative estimate of drug-likeness (QED) is 0.514. The van der Waals surface area contributed by atoms with Crippen LogP contribution in [0, 0.1) is 0 Å². The number of carbonyl (C=O) groups excluding carboxylic acids is 2. The third-order valence-electron chi connectivity index (χ3n) is 4.63. The van der Waals surface area contributed by atoms with Gasteiger partial charge >= 0.3 is 0 Å². The SMILES string of the molecule is Cn1cc(C(=O)NNC(=O)CCc2ncc(-c3ccccc3)o2)c2ccccc21. The van der Waals surface area contributed by atoms with Crippen molar-refractivity contribution in [3.05, 3.63) is 78.4 Å². The fourth-order valence-electron chi connectivity index (χ4n) is 3.16. The lowest BCUT2D eigenvalue weighted by Gasteiger charge is -2.06. The molecule has 0 fully saturated rings. The van der Waals surface area contributed by atoms with Crippen molar-refractivity contribution in [3.8, 4) is 11.3 Å². The Morgan fingerprint density at radius 2 is 1.79 bits per heavy atom. The minimum Gasteiger partial charge on any atom is -0.441 e. The van der Waals surface area contributed by atoms with Crippen molar-refractivity contribution in [2.24, 2.45) is 7.05 Å². The Morgan fingerprint density at radius 1 is 1.03 bits per heavy atom. The van der Waals surface area contributed by atoms with E-state index in [0.717, 1.165) is 16.5 Å². The molecule has 0 aliphatic heterocycles. The van der Waals surface area contributed by atoms with Gasteiger partial charge in [0.25, 0.3) is 5.91 Å². The largest absolute Gasteiger partial charge is 0.441 e. The van der Waals surface area contributed by atoms with Crippen molar-refractivity contribution in [1.82, 2.24) is 20.4 Å². The summed E-state index contributed by atoms with van der Waals surface area (Å²) < 4.78 is 7.56. The fourth-order valence-corrected chi connectivity index (χ4v) is 3.16. The van der Waals surface area contributed by atoms with E-state index in [4.69, 9.17) is 4.42 Å². The highest BCUT2D eigenvalue weighted by atomic mass is 16.4. The van der Waals surface area contributed by atoms with Gasteiger partial charge in [0.1, 0.15) is 0 Å². The Morgan fingerprint density at radius 3 is 2.62 bits per heavy atom. The molecule has 0 unspecified atom stereocenters. The van der Waals surface area contributed by atoms with E-state index in [2.05, 4.69) is 15.8 Å². The maximum absolute atomic E-state index is 12.4. The van der Waals surface area contributed by atoms with Gasteiger partial charge in [-0.2, -0.15) is 0 Å². The van der Waals surface area contributed by atoms with E-state index in [1.807, 2.05) is 66.2 Å². The molecule has 2 N–H and O–H groups in total. The van der Waals surface area contributed by atoms with Crippen molar-refractivity contribution in [2.75, 3.05) is 0 Å². The maximum atomic E-state index is 12.4. The van der Waals surface area contributed by atoms with Crippen LogP contribution < -0.4 is 10.9 Å². The minimum atomic E-state index is -0.363. The lowest BCUT2D eigenvalue weighted by molar-refractivity contribution is -0.121. The van der Waals surface area contributed by atoms with Crippen molar-refractivity contribution in [2.45, 2.75) is 12.8 Å². The molecule has 2 aromatic heterocycles. The molecule has 0 spiro atoms. The third-order valence-corrected chi connectivity index (χ3v) is 4.63. The van der Waals surface area contributed by atoms with Crippen LogP contribution in [0.5, 0.6) is 0 Å². The molecule has 0 saturated heterocycles. The average molecular weight is 388 g/mol. The number of aromatic nitrogens is 2. The van der Waals surface area contributed by atoms with Gasteiger partial charge in [0, 0.05) is 42.6 Å². The van der Waals surface area contributed by atoms with Crippen LogP contribution in [0.15, 0.2) is 71.4 Å². The first-order valence-electron chi connectivity index (χ1n) is 9.25. The fraction of sp³-hybridized carbons (Fsp3) is 0.136. The Kier molecular flexibility index (Phi) is 5.11. The Labute approximate surface area is 167 Å². The smallest absolute Gasteiger partial charge is 0.271 e. The zero-order chi connectivity index (χ0) is 20.2. The highest BCUT2D eigenvalue weighted by Crippen LogP contribution is 2.21. The molecule has 7 nitrogen and oxygen atoms in total. The number of hydrogen-bond acceptors (Lipinski definition) is 4. The van der Waals surface area contributed by atoms with Gasteiger partial charge in [0.2, 0.25) is 5.91 Å². The van der Waals surface area contributed by atoms with Crippen LogP contribution in [0.3, 0.4) is 0 Å². The second kappa shape index (κ2) is 8.02. The van der Waals surface area contributed by atoms with E-state index in [0.29, 0.717) is 23.6 Å². The van der Waals surface area contributed by atoms with Crippen molar-refractivity contribution < 1.29 is 14.0 Å². The predicted octanol–water partition coefficient (Wildman–Crippen LogP) is 3.23. The van der Waals surface area contributed by atoms with Crippen LogP contribution in [-0.4, -0.2) is 21.4 Å². The Bertz CT molecular complexity index is 1160. The number of fused-ring (bicyclic) bond motifs is 1. The van der Waals surface area contributed by atoms with Gasteiger partial charge < -0.3 is 8.98 Å². The standard InChI is InChI=1S/C22H20N4O3/c1-26-14-17(16-9-5-6-10-18(16)26)22(28)25-24-20(27)11-12-21-23-13-19(29-21)15-7-3-2-4-8-15/h2-10,13-14H,11-12H2,1H3,(H,24,27)(H,25,28). The summed E-state index contributed by atoms with van der Waals surface area (Å²) in [7, 11) is 1.87. The van der Waals surface area contributed by atoms with Gasteiger partial charge in [0.05, 0.1) is 11.8 Å². The summed E-state index contributed by atoms with van der Waals surface area (Å²) >= 11 is 0. The number of nitrogens with zero attached hydrogens (tertiary/aromatic N) is 2. The molecule has 146 valence electrons. The lowest BCUT2D eigenvalue weighted by Crippen LogP contribution is -2.41. The molecule has 7 heteroatoms. The van der Waals surface area contributed by atoms with Gasteiger partial charge in [-0.3, -0.25) is 20.4 Å². The molecule has 4 rings (SSSR count). The lowest BCUT2D eigenvalue weighted by atomic mass is 10.2. The minimum absolute atomic E-state index is 0.143. The molecule has 2 amide bonds. The number of carbonyl (C=O) groups is 2. The number of nitrogens with one attached hydrogen (secondary N) is 2. The Hall–Kier alpha value is -3.87. The number of benzene rings is 2. The maximum Gasteiger partial charge on any atom is 0.271 e. The number of aryl methyl sites for hydroxylation is 2. The van der Waals surface area contributed by atoms with E-state index >= 15 is 0 Å². The molecule has 2 heterocycles. The number of oxazole rings is 1. The summed E-state index contributed by atoms with van der Waals surface area (Å²) in [5.74, 6) is 0.445. The average Bonchev–Trinajstić information content (AvgIpc) is 3.36. The normalized spacial score (nSPS) is 10.8. The van der Waals surface area contributed by atoms with Crippen molar-refractivity contribution in [1.29, 1.82) is 0 Å². The first-order valence-corrected chi connectivity index (χ1v) is 9.25.